The van der Waals surface area contributed by atoms with Crippen LogP contribution in [-0.2, 0) is 11.3 Å². The molecule has 1 aromatic heterocycles. The lowest BCUT2D eigenvalue weighted by atomic mass is 10.1. The van der Waals surface area contributed by atoms with E-state index in [1.807, 2.05) is 30.5 Å². The first-order valence-corrected chi connectivity index (χ1v) is 9.83. The van der Waals surface area contributed by atoms with Gasteiger partial charge >= 0.3 is 12.1 Å². The number of rotatable bonds is 7. The molecule has 1 saturated heterocycles. The Morgan fingerprint density at radius 3 is 2.79 bits per heavy atom. The van der Waals surface area contributed by atoms with Crippen molar-refractivity contribution in [3.05, 3.63) is 42.7 Å². The van der Waals surface area contributed by atoms with Crippen molar-refractivity contribution >= 4 is 17.8 Å². The summed E-state index contributed by atoms with van der Waals surface area (Å²) in [5.74, 6) is 0.678. The zero-order valence-electron chi connectivity index (χ0n) is 16.5. The van der Waals surface area contributed by atoms with Crippen molar-refractivity contribution in [1.29, 1.82) is 0 Å². The second kappa shape index (κ2) is 10.4. The van der Waals surface area contributed by atoms with Crippen molar-refractivity contribution in [3.8, 4) is 5.75 Å². The van der Waals surface area contributed by atoms with E-state index in [0.717, 1.165) is 0 Å². The van der Waals surface area contributed by atoms with Crippen LogP contribution in [0.1, 0.15) is 19.8 Å². The summed E-state index contributed by atoms with van der Waals surface area (Å²) < 4.78 is 12.5. The van der Waals surface area contributed by atoms with E-state index < -0.39 is 0 Å². The van der Waals surface area contributed by atoms with Gasteiger partial charge in [-0.05, 0) is 38.0 Å². The molecule has 1 aliphatic rings. The van der Waals surface area contributed by atoms with Gasteiger partial charge in [-0.2, -0.15) is 5.10 Å². The third-order valence-corrected chi connectivity index (χ3v) is 4.60. The molecule has 9 heteroatoms. The highest BCUT2D eigenvalue weighted by atomic mass is 16.6. The number of aromatic nitrogens is 2. The molecule has 3 rings (SSSR count). The number of carbonyl (C=O) groups excluding carboxylic acids is 2. The molecule has 0 bridgehead atoms. The standard InChI is InChI=1S/C20H27N5O4/c1-2-28-20(27)24-11-7-16(8-12-24)22-19(26)23-17-5-3-6-18(15-17)29-14-13-25-10-4-9-21-25/h3-6,9-10,15-16H,2,7-8,11-14H2,1H3,(H2,22,23,26). The van der Waals surface area contributed by atoms with Crippen molar-refractivity contribution < 1.29 is 19.1 Å². The average Bonchev–Trinajstić information content (AvgIpc) is 3.22. The lowest BCUT2D eigenvalue weighted by Gasteiger charge is -2.31. The number of hydrogen-bond donors (Lipinski definition) is 2. The van der Waals surface area contributed by atoms with E-state index in [9.17, 15) is 9.59 Å². The lowest BCUT2D eigenvalue weighted by molar-refractivity contribution is 0.0959. The molecule has 0 saturated carbocycles. The molecule has 156 valence electrons. The topological polar surface area (TPSA) is 97.7 Å². The SMILES string of the molecule is CCOC(=O)N1CCC(NC(=O)Nc2cccc(OCCn3cccn3)c2)CC1. The maximum Gasteiger partial charge on any atom is 0.409 e. The molecular formula is C20H27N5O4. The van der Waals surface area contributed by atoms with Gasteiger partial charge in [-0.3, -0.25) is 4.68 Å². The number of ether oxygens (including phenoxy) is 2. The van der Waals surface area contributed by atoms with Crippen LogP contribution in [0.15, 0.2) is 42.7 Å². The third kappa shape index (κ3) is 6.41. The maximum absolute atomic E-state index is 12.3. The highest BCUT2D eigenvalue weighted by Gasteiger charge is 2.24. The number of carbonyl (C=O) groups is 2. The number of urea groups is 1. The Kier molecular flexibility index (Phi) is 7.32. The Hall–Kier alpha value is -3.23. The van der Waals surface area contributed by atoms with Crippen LogP contribution in [0.3, 0.4) is 0 Å². The lowest BCUT2D eigenvalue weighted by Crippen LogP contribution is -2.47. The molecule has 1 aromatic carbocycles. The molecule has 2 heterocycles. The normalized spacial score (nSPS) is 14.3. The summed E-state index contributed by atoms with van der Waals surface area (Å²) in [6.45, 7) is 4.43. The summed E-state index contributed by atoms with van der Waals surface area (Å²) in [5, 5.41) is 9.92. The van der Waals surface area contributed by atoms with Gasteiger partial charge in [0.2, 0.25) is 0 Å². The van der Waals surface area contributed by atoms with E-state index >= 15 is 0 Å². The number of amides is 3. The zero-order chi connectivity index (χ0) is 20.5. The van der Waals surface area contributed by atoms with Gasteiger partial charge in [0.25, 0.3) is 0 Å². The molecule has 0 radical (unpaired) electrons. The van der Waals surface area contributed by atoms with Crippen molar-refractivity contribution in [1.82, 2.24) is 20.0 Å². The monoisotopic (exact) mass is 401 g/mol. The maximum atomic E-state index is 12.3. The first-order valence-electron chi connectivity index (χ1n) is 9.83. The van der Waals surface area contributed by atoms with Crippen molar-refractivity contribution in [3.63, 3.8) is 0 Å². The second-order valence-electron chi connectivity index (χ2n) is 6.70. The number of hydrogen-bond acceptors (Lipinski definition) is 5. The summed E-state index contributed by atoms with van der Waals surface area (Å²) in [5.41, 5.74) is 0.656. The highest BCUT2D eigenvalue weighted by molar-refractivity contribution is 5.89. The number of nitrogens with zero attached hydrogens (tertiary/aromatic N) is 3. The molecule has 1 aliphatic heterocycles. The van der Waals surface area contributed by atoms with Crippen LogP contribution in [0.5, 0.6) is 5.75 Å². The van der Waals surface area contributed by atoms with Crippen LogP contribution in [0, 0.1) is 0 Å². The summed E-state index contributed by atoms with van der Waals surface area (Å²) >= 11 is 0. The van der Waals surface area contributed by atoms with Crippen LogP contribution >= 0.6 is 0 Å². The van der Waals surface area contributed by atoms with Gasteiger partial charge in [0.1, 0.15) is 12.4 Å². The molecule has 0 unspecified atom stereocenters. The van der Waals surface area contributed by atoms with Crippen LogP contribution < -0.4 is 15.4 Å². The third-order valence-electron chi connectivity index (χ3n) is 4.60. The Bertz CT molecular complexity index is 788. The first-order chi connectivity index (χ1) is 14.1. The van der Waals surface area contributed by atoms with Gasteiger partial charge in [-0.15, -0.1) is 0 Å². The predicted molar refractivity (Wildman–Crippen MR) is 108 cm³/mol. The van der Waals surface area contributed by atoms with E-state index in [0.29, 0.717) is 57.1 Å². The van der Waals surface area contributed by atoms with Crippen molar-refractivity contribution in [2.24, 2.45) is 0 Å². The van der Waals surface area contributed by atoms with Gasteiger partial charge in [0.15, 0.2) is 0 Å². The first kappa shape index (κ1) is 20.5. The summed E-state index contributed by atoms with van der Waals surface area (Å²) in [4.78, 5) is 25.7. The van der Waals surface area contributed by atoms with Crippen LogP contribution in [0.2, 0.25) is 0 Å². The Balaban J connectivity index is 1.41. The largest absolute Gasteiger partial charge is 0.492 e. The van der Waals surface area contributed by atoms with Crippen LogP contribution in [-0.4, -0.2) is 59.1 Å². The minimum Gasteiger partial charge on any atom is -0.492 e. The average molecular weight is 401 g/mol. The van der Waals surface area contributed by atoms with Gasteiger partial charge in [0.05, 0.1) is 13.2 Å². The number of piperidine rings is 1. The van der Waals surface area contributed by atoms with Crippen molar-refractivity contribution in [2.45, 2.75) is 32.4 Å². The molecule has 29 heavy (non-hydrogen) atoms. The predicted octanol–water partition coefficient (Wildman–Crippen LogP) is 2.70. The number of likely N-dealkylation sites (tertiary alicyclic amines) is 1. The fourth-order valence-electron chi connectivity index (χ4n) is 3.13. The summed E-state index contributed by atoms with van der Waals surface area (Å²) in [6.07, 6.45) is 4.71. The minimum absolute atomic E-state index is 0.0224. The van der Waals surface area contributed by atoms with Gasteiger partial charge in [-0.1, -0.05) is 6.07 Å². The quantitative estimate of drug-likeness (QED) is 0.743. The summed E-state index contributed by atoms with van der Waals surface area (Å²) in [7, 11) is 0. The fraction of sp³-hybridized carbons (Fsp3) is 0.450. The molecular weight excluding hydrogens is 374 g/mol. The molecule has 2 aromatic rings. The number of benzene rings is 1. The zero-order valence-corrected chi connectivity index (χ0v) is 16.5. The Morgan fingerprint density at radius 1 is 1.24 bits per heavy atom. The molecule has 0 aliphatic carbocycles. The van der Waals surface area contributed by atoms with Gasteiger partial charge in [-0.25, -0.2) is 9.59 Å². The van der Waals surface area contributed by atoms with E-state index in [1.165, 1.54) is 0 Å². The fourth-order valence-corrected chi connectivity index (χ4v) is 3.13. The van der Waals surface area contributed by atoms with Crippen LogP contribution in [0.4, 0.5) is 15.3 Å². The minimum atomic E-state index is -0.292. The van der Waals surface area contributed by atoms with E-state index in [4.69, 9.17) is 9.47 Å². The molecule has 3 amide bonds. The molecule has 9 nitrogen and oxygen atoms in total. The smallest absolute Gasteiger partial charge is 0.409 e. The van der Waals surface area contributed by atoms with Crippen LogP contribution in [0.25, 0.3) is 0 Å². The Morgan fingerprint density at radius 2 is 2.07 bits per heavy atom. The molecule has 0 atom stereocenters. The van der Waals surface area contributed by atoms with E-state index in [-0.39, 0.29) is 18.2 Å². The molecule has 2 N–H and O–H groups in total. The number of nitrogens with one attached hydrogen (secondary N) is 2. The Labute approximate surface area is 170 Å². The second-order valence-corrected chi connectivity index (χ2v) is 6.70. The molecule has 1 fully saturated rings. The van der Waals surface area contributed by atoms with Crippen molar-refractivity contribution in [2.75, 3.05) is 31.6 Å². The van der Waals surface area contributed by atoms with E-state index in [1.54, 1.807) is 28.8 Å². The van der Waals surface area contributed by atoms with Gasteiger partial charge < -0.3 is 25.0 Å². The van der Waals surface area contributed by atoms with E-state index in [2.05, 4.69) is 15.7 Å². The highest BCUT2D eigenvalue weighted by Crippen LogP contribution is 2.18. The summed E-state index contributed by atoms with van der Waals surface area (Å²) in [6, 6.07) is 8.88. The van der Waals surface area contributed by atoms with Gasteiger partial charge in [0, 0.05) is 43.3 Å². The molecule has 0 spiro atoms. The number of anilines is 1.